The van der Waals surface area contributed by atoms with Crippen molar-refractivity contribution < 1.29 is 4.79 Å². The molecule has 1 aromatic rings. The maximum Gasteiger partial charge on any atom is 0.221 e. The zero-order valence-electron chi connectivity index (χ0n) is 8.10. The van der Waals surface area contributed by atoms with Gasteiger partial charge < -0.3 is 5.32 Å². The van der Waals surface area contributed by atoms with Crippen LogP contribution in [0.1, 0.15) is 20.8 Å². The molecule has 1 amide bonds. The highest BCUT2D eigenvalue weighted by Gasteiger charge is 1.93. The van der Waals surface area contributed by atoms with Gasteiger partial charge in [-0.05, 0) is 18.2 Å². The molecule has 0 bridgehead atoms. The van der Waals surface area contributed by atoms with Crippen molar-refractivity contribution in [2.45, 2.75) is 20.8 Å². The normalized spacial score (nSPS) is 8.31. The van der Waals surface area contributed by atoms with Crippen LogP contribution in [0.3, 0.4) is 0 Å². The first-order valence-corrected chi connectivity index (χ1v) is 5.01. The van der Waals surface area contributed by atoms with Gasteiger partial charge in [0.15, 0.2) is 0 Å². The van der Waals surface area contributed by atoms with Gasteiger partial charge in [0.25, 0.3) is 0 Å². The minimum absolute atomic E-state index is 0.0527. The number of amides is 1. The van der Waals surface area contributed by atoms with Gasteiger partial charge in [-0.15, -0.1) is 0 Å². The molecular formula is C10H14BrNO. The summed E-state index contributed by atoms with van der Waals surface area (Å²) < 4.78 is 0.962. The van der Waals surface area contributed by atoms with E-state index < -0.39 is 0 Å². The van der Waals surface area contributed by atoms with Crippen LogP contribution in [0.4, 0.5) is 5.69 Å². The fraction of sp³-hybridized carbons (Fsp3) is 0.300. The average Bonchev–Trinajstić information content (AvgIpc) is 2.06. The molecule has 1 aromatic carbocycles. The smallest absolute Gasteiger partial charge is 0.221 e. The molecule has 0 heterocycles. The van der Waals surface area contributed by atoms with Crippen LogP contribution in [0.2, 0.25) is 0 Å². The first-order valence-electron chi connectivity index (χ1n) is 4.21. The fourth-order valence-corrected chi connectivity index (χ4v) is 1.17. The summed E-state index contributed by atoms with van der Waals surface area (Å²) in [5.41, 5.74) is 0.812. The monoisotopic (exact) mass is 243 g/mol. The lowest BCUT2D eigenvalue weighted by molar-refractivity contribution is -0.114. The molecule has 0 aliphatic heterocycles. The van der Waals surface area contributed by atoms with Gasteiger partial charge in [0.1, 0.15) is 0 Å². The summed E-state index contributed by atoms with van der Waals surface area (Å²) in [5, 5.41) is 2.68. The van der Waals surface area contributed by atoms with Crippen LogP contribution >= 0.6 is 15.9 Å². The minimum atomic E-state index is -0.0527. The van der Waals surface area contributed by atoms with Crippen molar-refractivity contribution in [3.8, 4) is 0 Å². The molecule has 0 atom stereocenters. The lowest BCUT2D eigenvalue weighted by Gasteiger charge is -2.00. The highest BCUT2D eigenvalue weighted by atomic mass is 79.9. The number of anilines is 1. The molecule has 0 aliphatic carbocycles. The highest BCUT2D eigenvalue weighted by molar-refractivity contribution is 9.10. The summed E-state index contributed by atoms with van der Waals surface area (Å²) in [4.78, 5) is 10.6. The maximum absolute atomic E-state index is 10.6. The van der Waals surface area contributed by atoms with Crippen molar-refractivity contribution in [2.75, 3.05) is 5.32 Å². The Balaban J connectivity index is 0.000000671. The predicted octanol–water partition coefficient (Wildman–Crippen LogP) is 3.43. The summed E-state index contributed by atoms with van der Waals surface area (Å²) in [5.74, 6) is -0.0527. The van der Waals surface area contributed by atoms with Crippen LogP contribution in [-0.4, -0.2) is 5.91 Å². The van der Waals surface area contributed by atoms with E-state index in [1.807, 2.05) is 38.1 Å². The van der Waals surface area contributed by atoms with Gasteiger partial charge in [0.05, 0.1) is 0 Å². The van der Waals surface area contributed by atoms with Crippen LogP contribution in [0, 0.1) is 0 Å². The van der Waals surface area contributed by atoms with Crippen molar-refractivity contribution in [1.82, 2.24) is 0 Å². The van der Waals surface area contributed by atoms with Crippen molar-refractivity contribution in [3.05, 3.63) is 28.7 Å². The van der Waals surface area contributed by atoms with E-state index >= 15 is 0 Å². The first-order chi connectivity index (χ1) is 6.18. The summed E-state index contributed by atoms with van der Waals surface area (Å²) in [6, 6.07) is 7.47. The number of benzene rings is 1. The summed E-state index contributed by atoms with van der Waals surface area (Å²) in [7, 11) is 0. The number of rotatable bonds is 1. The third-order valence-corrected chi connectivity index (χ3v) is 1.64. The van der Waals surface area contributed by atoms with E-state index in [1.54, 1.807) is 0 Å². The number of carbonyl (C=O) groups is 1. The van der Waals surface area contributed by atoms with Crippen LogP contribution < -0.4 is 5.32 Å². The van der Waals surface area contributed by atoms with Gasteiger partial charge in [0, 0.05) is 17.1 Å². The first kappa shape index (κ1) is 12.2. The number of hydrogen-bond donors (Lipinski definition) is 1. The van der Waals surface area contributed by atoms with E-state index in [0.717, 1.165) is 10.2 Å². The molecule has 0 radical (unpaired) electrons. The molecular weight excluding hydrogens is 230 g/mol. The average molecular weight is 244 g/mol. The molecule has 1 N–H and O–H groups in total. The SMILES string of the molecule is CC.CC(=O)Nc1cccc(Br)c1. The third kappa shape index (κ3) is 5.42. The Bertz CT molecular complexity index is 273. The lowest BCUT2D eigenvalue weighted by Crippen LogP contribution is -2.05. The Kier molecular flexibility index (Phi) is 6.24. The minimum Gasteiger partial charge on any atom is -0.326 e. The fourth-order valence-electron chi connectivity index (χ4n) is 0.769. The Morgan fingerprint density at radius 2 is 2.00 bits per heavy atom. The van der Waals surface area contributed by atoms with Gasteiger partial charge in [-0.2, -0.15) is 0 Å². The largest absolute Gasteiger partial charge is 0.326 e. The van der Waals surface area contributed by atoms with Gasteiger partial charge in [-0.1, -0.05) is 35.8 Å². The summed E-state index contributed by atoms with van der Waals surface area (Å²) in [6.45, 7) is 5.49. The number of halogens is 1. The third-order valence-electron chi connectivity index (χ3n) is 1.14. The summed E-state index contributed by atoms with van der Waals surface area (Å²) in [6.07, 6.45) is 0. The Hall–Kier alpha value is -0.830. The predicted molar refractivity (Wildman–Crippen MR) is 59.8 cm³/mol. The molecule has 13 heavy (non-hydrogen) atoms. The van der Waals surface area contributed by atoms with Crippen molar-refractivity contribution in [1.29, 1.82) is 0 Å². The quantitative estimate of drug-likeness (QED) is 0.805. The lowest BCUT2D eigenvalue weighted by atomic mass is 10.3. The molecule has 0 saturated carbocycles. The summed E-state index contributed by atoms with van der Waals surface area (Å²) >= 11 is 3.30. The molecule has 0 unspecified atom stereocenters. The maximum atomic E-state index is 10.6. The van der Waals surface area contributed by atoms with Gasteiger partial charge in [-0.3, -0.25) is 4.79 Å². The van der Waals surface area contributed by atoms with Crippen LogP contribution in [-0.2, 0) is 4.79 Å². The van der Waals surface area contributed by atoms with Crippen molar-refractivity contribution in [3.63, 3.8) is 0 Å². The molecule has 72 valence electrons. The second-order valence-electron chi connectivity index (χ2n) is 2.19. The zero-order valence-corrected chi connectivity index (χ0v) is 9.68. The topological polar surface area (TPSA) is 29.1 Å². The van der Waals surface area contributed by atoms with Crippen LogP contribution in [0.25, 0.3) is 0 Å². The molecule has 0 fully saturated rings. The van der Waals surface area contributed by atoms with E-state index in [4.69, 9.17) is 0 Å². The van der Waals surface area contributed by atoms with Crippen LogP contribution in [0.5, 0.6) is 0 Å². The van der Waals surface area contributed by atoms with Gasteiger partial charge in [-0.25, -0.2) is 0 Å². The molecule has 0 saturated heterocycles. The molecule has 2 nitrogen and oxygen atoms in total. The van der Waals surface area contributed by atoms with E-state index in [-0.39, 0.29) is 5.91 Å². The number of nitrogens with one attached hydrogen (secondary N) is 1. The molecule has 0 aliphatic rings. The zero-order chi connectivity index (χ0) is 10.3. The van der Waals surface area contributed by atoms with Crippen LogP contribution in [0.15, 0.2) is 28.7 Å². The Morgan fingerprint density at radius 3 is 2.46 bits per heavy atom. The van der Waals surface area contributed by atoms with Crippen molar-refractivity contribution >= 4 is 27.5 Å². The van der Waals surface area contributed by atoms with E-state index in [2.05, 4.69) is 21.2 Å². The van der Waals surface area contributed by atoms with E-state index in [9.17, 15) is 4.79 Å². The molecule has 0 spiro atoms. The van der Waals surface area contributed by atoms with E-state index in [1.165, 1.54) is 6.92 Å². The second kappa shape index (κ2) is 6.66. The van der Waals surface area contributed by atoms with Crippen molar-refractivity contribution in [2.24, 2.45) is 0 Å². The molecule has 1 rings (SSSR count). The number of hydrogen-bond acceptors (Lipinski definition) is 1. The number of carbonyl (C=O) groups excluding carboxylic acids is 1. The van der Waals surface area contributed by atoms with E-state index in [0.29, 0.717) is 0 Å². The van der Waals surface area contributed by atoms with Gasteiger partial charge >= 0.3 is 0 Å². The molecule has 3 heteroatoms. The standard InChI is InChI=1S/C8H8BrNO.C2H6/c1-6(11)10-8-4-2-3-7(9)5-8;1-2/h2-5H,1H3,(H,10,11);1-2H3. The second-order valence-corrected chi connectivity index (χ2v) is 3.11. The Morgan fingerprint density at radius 1 is 1.38 bits per heavy atom. The highest BCUT2D eigenvalue weighted by Crippen LogP contribution is 2.15. The Labute approximate surface area is 87.5 Å². The molecule has 0 aromatic heterocycles. The van der Waals surface area contributed by atoms with Gasteiger partial charge in [0.2, 0.25) is 5.91 Å².